The van der Waals surface area contributed by atoms with Crippen LogP contribution in [0.3, 0.4) is 0 Å². The van der Waals surface area contributed by atoms with E-state index in [1.807, 2.05) is 6.26 Å². The van der Waals surface area contributed by atoms with E-state index in [1.54, 1.807) is 6.92 Å². The van der Waals surface area contributed by atoms with Crippen molar-refractivity contribution in [2.24, 2.45) is 0 Å². The lowest BCUT2D eigenvalue weighted by molar-refractivity contribution is 0.0525. The topological polar surface area (TPSA) is 52.1 Å². The lowest BCUT2D eigenvalue weighted by Crippen LogP contribution is -2.09. The molecule has 0 aliphatic heterocycles. The molecule has 0 bridgehead atoms. The van der Waals surface area contributed by atoms with Crippen LogP contribution in [0.2, 0.25) is 0 Å². The lowest BCUT2D eigenvalue weighted by Gasteiger charge is -2.05. The molecule has 4 nitrogen and oxygen atoms in total. The smallest absolute Gasteiger partial charge is 0.341 e. The highest BCUT2D eigenvalue weighted by Crippen LogP contribution is 2.13. The Morgan fingerprint density at radius 3 is 3.00 bits per heavy atom. The molecule has 0 aliphatic rings. The molecular weight excluding hydrogens is 212 g/mol. The number of rotatable bonds is 4. The molecule has 1 rings (SSSR count). The summed E-state index contributed by atoms with van der Waals surface area (Å²) in [6.45, 7) is 5.69. The maximum absolute atomic E-state index is 11.5. The molecule has 0 fully saturated rings. The molecule has 0 radical (unpaired) electrons. The fraction of sp³-hybridized carbons (Fsp3) is 0.300. The fourth-order valence-electron chi connectivity index (χ4n) is 0.998. The zero-order chi connectivity index (χ0) is 11.3. The van der Waals surface area contributed by atoms with Crippen LogP contribution in [0.15, 0.2) is 17.9 Å². The Kier molecular flexibility index (Phi) is 4.30. The Balaban J connectivity index is 3.07. The zero-order valence-corrected chi connectivity index (χ0v) is 9.50. The molecule has 0 N–H and O–H groups in total. The monoisotopic (exact) mass is 224 g/mol. The first-order chi connectivity index (χ1) is 7.22. The Morgan fingerprint density at radius 1 is 1.73 bits per heavy atom. The maximum Gasteiger partial charge on any atom is 0.341 e. The Morgan fingerprint density at radius 2 is 2.47 bits per heavy atom. The van der Waals surface area contributed by atoms with Crippen molar-refractivity contribution in [3.05, 3.63) is 24.0 Å². The molecule has 0 amide bonds. The van der Waals surface area contributed by atoms with E-state index in [1.165, 1.54) is 24.0 Å². The molecule has 0 unspecified atom stereocenters. The second-order valence-electron chi connectivity index (χ2n) is 2.58. The highest BCUT2D eigenvalue weighted by atomic mass is 32.2. The first-order valence-corrected chi connectivity index (χ1v) is 5.66. The third-order valence-corrected chi connectivity index (χ3v) is 2.23. The van der Waals surface area contributed by atoms with E-state index in [2.05, 4.69) is 16.5 Å². The van der Waals surface area contributed by atoms with Gasteiger partial charge >= 0.3 is 5.97 Å². The molecule has 0 aliphatic carbocycles. The minimum atomic E-state index is -0.417. The number of nitrogens with zero attached hydrogens (tertiary/aromatic N) is 2. The van der Waals surface area contributed by atoms with E-state index in [9.17, 15) is 4.79 Å². The van der Waals surface area contributed by atoms with Gasteiger partial charge in [-0.1, -0.05) is 18.3 Å². The van der Waals surface area contributed by atoms with Crippen molar-refractivity contribution in [2.75, 3.05) is 12.9 Å². The average molecular weight is 224 g/mol. The van der Waals surface area contributed by atoms with Crippen molar-refractivity contribution in [1.82, 2.24) is 9.97 Å². The Bertz CT molecular complexity index is 380. The quantitative estimate of drug-likeness (QED) is 0.445. The Labute approximate surface area is 92.8 Å². The van der Waals surface area contributed by atoms with Gasteiger partial charge in [0.2, 0.25) is 0 Å². The van der Waals surface area contributed by atoms with Crippen LogP contribution in [0, 0.1) is 0 Å². The van der Waals surface area contributed by atoms with Gasteiger partial charge in [-0.15, -0.1) is 0 Å². The first-order valence-electron chi connectivity index (χ1n) is 4.43. The van der Waals surface area contributed by atoms with Gasteiger partial charge < -0.3 is 4.74 Å². The summed E-state index contributed by atoms with van der Waals surface area (Å²) in [4.78, 5) is 19.6. The molecule has 80 valence electrons. The molecule has 0 spiro atoms. The summed E-state index contributed by atoms with van der Waals surface area (Å²) in [6, 6.07) is 0. The number of ether oxygens (including phenoxy) is 1. The number of thioether (sulfide) groups is 1. The van der Waals surface area contributed by atoms with Crippen LogP contribution in [0.25, 0.3) is 6.08 Å². The van der Waals surface area contributed by atoms with Crippen LogP contribution < -0.4 is 0 Å². The van der Waals surface area contributed by atoms with Gasteiger partial charge in [0.1, 0.15) is 5.56 Å². The number of esters is 1. The minimum Gasteiger partial charge on any atom is -0.462 e. The van der Waals surface area contributed by atoms with Gasteiger partial charge in [-0.2, -0.15) is 0 Å². The third kappa shape index (κ3) is 2.79. The maximum atomic E-state index is 11.5. The van der Waals surface area contributed by atoms with Crippen LogP contribution in [-0.2, 0) is 4.74 Å². The van der Waals surface area contributed by atoms with Gasteiger partial charge in [0.15, 0.2) is 5.16 Å². The van der Waals surface area contributed by atoms with Crippen molar-refractivity contribution in [3.63, 3.8) is 0 Å². The number of carbonyl (C=O) groups excluding carboxylic acids is 1. The second-order valence-corrected chi connectivity index (χ2v) is 3.35. The molecular formula is C10H12N2O2S. The van der Waals surface area contributed by atoms with Crippen molar-refractivity contribution >= 4 is 23.8 Å². The van der Waals surface area contributed by atoms with Gasteiger partial charge in [0.25, 0.3) is 0 Å². The molecule has 1 aromatic rings. The van der Waals surface area contributed by atoms with E-state index in [4.69, 9.17) is 4.74 Å². The zero-order valence-electron chi connectivity index (χ0n) is 8.69. The molecule has 15 heavy (non-hydrogen) atoms. The standard InChI is InChI=1S/C10H12N2O2S/c1-4-8-7(9(13)14-5-2)6-11-10(12-8)15-3/h4,6H,1,5H2,2-3H3. The van der Waals surface area contributed by atoms with E-state index in [-0.39, 0.29) is 0 Å². The van der Waals surface area contributed by atoms with Crippen LogP contribution in [0.4, 0.5) is 0 Å². The van der Waals surface area contributed by atoms with Crippen LogP contribution in [-0.4, -0.2) is 28.8 Å². The predicted molar refractivity (Wildman–Crippen MR) is 59.9 cm³/mol. The normalized spacial score (nSPS) is 9.73. The van der Waals surface area contributed by atoms with Gasteiger partial charge in [0.05, 0.1) is 12.3 Å². The number of hydrogen-bond donors (Lipinski definition) is 0. The third-order valence-electron chi connectivity index (χ3n) is 1.67. The van der Waals surface area contributed by atoms with Crippen LogP contribution >= 0.6 is 11.8 Å². The summed E-state index contributed by atoms with van der Waals surface area (Å²) in [7, 11) is 0. The predicted octanol–water partition coefficient (Wildman–Crippen LogP) is 2.02. The largest absolute Gasteiger partial charge is 0.462 e. The van der Waals surface area contributed by atoms with Crippen LogP contribution in [0.1, 0.15) is 23.0 Å². The summed E-state index contributed by atoms with van der Waals surface area (Å²) in [5, 5.41) is 0.609. The molecule has 0 aromatic carbocycles. The van der Waals surface area contributed by atoms with Gasteiger partial charge in [0, 0.05) is 6.20 Å². The molecule has 1 aromatic heterocycles. The molecule has 0 saturated carbocycles. The number of carbonyl (C=O) groups is 1. The number of hydrogen-bond acceptors (Lipinski definition) is 5. The van der Waals surface area contributed by atoms with E-state index in [0.717, 1.165) is 0 Å². The first kappa shape index (κ1) is 11.7. The SMILES string of the molecule is C=Cc1nc(SC)ncc1C(=O)OCC. The molecule has 0 saturated heterocycles. The average Bonchev–Trinajstić information content (AvgIpc) is 2.28. The van der Waals surface area contributed by atoms with Crippen molar-refractivity contribution in [1.29, 1.82) is 0 Å². The highest BCUT2D eigenvalue weighted by Gasteiger charge is 2.13. The summed E-state index contributed by atoms with van der Waals surface area (Å²) in [5.74, 6) is -0.417. The summed E-state index contributed by atoms with van der Waals surface area (Å²) in [5.41, 5.74) is 0.859. The van der Waals surface area contributed by atoms with E-state index >= 15 is 0 Å². The van der Waals surface area contributed by atoms with Crippen molar-refractivity contribution < 1.29 is 9.53 Å². The second kappa shape index (κ2) is 5.50. The van der Waals surface area contributed by atoms with Crippen molar-refractivity contribution in [2.45, 2.75) is 12.1 Å². The van der Waals surface area contributed by atoms with E-state index in [0.29, 0.717) is 23.0 Å². The van der Waals surface area contributed by atoms with E-state index < -0.39 is 5.97 Å². The summed E-state index contributed by atoms with van der Waals surface area (Å²) < 4.78 is 4.87. The van der Waals surface area contributed by atoms with Crippen molar-refractivity contribution in [3.8, 4) is 0 Å². The van der Waals surface area contributed by atoms with Gasteiger partial charge in [-0.3, -0.25) is 0 Å². The van der Waals surface area contributed by atoms with Crippen LogP contribution in [0.5, 0.6) is 0 Å². The van der Waals surface area contributed by atoms with Gasteiger partial charge in [-0.25, -0.2) is 14.8 Å². The lowest BCUT2D eigenvalue weighted by atomic mass is 10.2. The number of aromatic nitrogens is 2. The fourth-order valence-corrected chi connectivity index (χ4v) is 1.35. The minimum absolute atomic E-state index is 0.333. The molecule has 1 heterocycles. The summed E-state index contributed by atoms with van der Waals surface area (Å²) in [6.07, 6.45) is 4.85. The Hall–Kier alpha value is -1.36. The molecule has 0 atom stereocenters. The van der Waals surface area contributed by atoms with Gasteiger partial charge in [-0.05, 0) is 19.3 Å². The summed E-state index contributed by atoms with van der Waals surface area (Å²) >= 11 is 1.41. The highest BCUT2D eigenvalue weighted by molar-refractivity contribution is 7.98. The molecule has 5 heteroatoms.